The molecule has 4 rings (SSSR count). The van der Waals surface area contributed by atoms with E-state index in [1.807, 2.05) is 17.0 Å². The maximum atomic E-state index is 14.5. The van der Waals surface area contributed by atoms with Crippen molar-refractivity contribution >= 4 is 11.5 Å². The number of likely N-dealkylation sites (tertiary alicyclic amines) is 1. The first-order valence-corrected chi connectivity index (χ1v) is 9.51. The van der Waals surface area contributed by atoms with Crippen molar-refractivity contribution in [1.82, 2.24) is 25.0 Å². The van der Waals surface area contributed by atoms with Crippen LogP contribution in [0.2, 0.25) is 0 Å². The molecule has 28 heavy (non-hydrogen) atoms. The molecule has 1 fully saturated rings. The third-order valence-electron chi connectivity index (χ3n) is 5.49. The van der Waals surface area contributed by atoms with Crippen LogP contribution in [0.5, 0.6) is 0 Å². The molecule has 7 nitrogen and oxygen atoms in total. The fourth-order valence-electron chi connectivity index (χ4n) is 3.82. The van der Waals surface area contributed by atoms with E-state index >= 15 is 0 Å². The summed E-state index contributed by atoms with van der Waals surface area (Å²) in [6, 6.07) is 5.12. The molecule has 0 bridgehead atoms. The Morgan fingerprint density at radius 1 is 1.39 bits per heavy atom. The Bertz CT molecular complexity index is 867. The van der Waals surface area contributed by atoms with E-state index in [9.17, 15) is 9.18 Å². The highest BCUT2D eigenvalue weighted by Gasteiger charge is 2.26. The van der Waals surface area contributed by atoms with Gasteiger partial charge in [-0.15, -0.1) is 0 Å². The zero-order valence-electron chi connectivity index (χ0n) is 15.9. The third kappa shape index (κ3) is 3.98. The van der Waals surface area contributed by atoms with Gasteiger partial charge in [0.05, 0.1) is 18.2 Å². The Kier molecular flexibility index (Phi) is 5.50. The average Bonchev–Trinajstić information content (AvgIpc) is 3.40. The summed E-state index contributed by atoms with van der Waals surface area (Å²) in [5.41, 5.74) is 2.30. The van der Waals surface area contributed by atoms with E-state index < -0.39 is 0 Å². The minimum Gasteiger partial charge on any atom is -0.380 e. The Hall–Kier alpha value is -2.58. The summed E-state index contributed by atoms with van der Waals surface area (Å²) in [6.45, 7) is 3.35. The molecule has 1 aromatic heterocycles. The van der Waals surface area contributed by atoms with Gasteiger partial charge in [0.2, 0.25) is 5.91 Å². The summed E-state index contributed by atoms with van der Waals surface area (Å²) < 4.78 is 19.8. The number of benzene rings is 1. The molecule has 1 saturated heterocycles. The Balaban J connectivity index is 1.37. The lowest BCUT2D eigenvalue weighted by Crippen LogP contribution is -2.41. The number of aromatic nitrogens is 3. The van der Waals surface area contributed by atoms with Crippen LogP contribution in [-0.4, -0.2) is 76.8 Å². The number of H-pyrrole nitrogens is 1. The Labute approximate surface area is 163 Å². The van der Waals surface area contributed by atoms with Crippen LogP contribution in [0.25, 0.3) is 17.0 Å². The van der Waals surface area contributed by atoms with Crippen molar-refractivity contribution in [1.29, 1.82) is 0 Å². The molecule has 1 N–H and O–H groups in total. The van der Waals surface area contributed by atoms with Gasteiger partial charge in [0.25, 0.3) is 0 Å². The molecular formula is C20H24FN5O2. The number of rotatable bonds is 5. The van der Waals surface area contributed by atoms with Crippen molar-refractivity contribution < 1.29 is 13.9 Å². The van der Waals surface area contributed by atoms with Crippen LogP contribution < -0.4 is 0 Å². The van der Waals surface area contributed by atoms with Crippen LogP contribution in [0.4, 0.5) is 4.39 Å². The second-order valence-corrected chi connectivity index (χ2v) is 7.23. The van der Waals surface area contributed by atoms with Gasteiger partial charge in [0, 0.05) is 33.3 Å². The van der Waals surface area contributed by atoms with Crippen molar-refractivity contribution in [2.45, 2.75) is 18.9 Å². The van der Waals surface area contributed by atoms with Crippen LogP contribution in [0.1, 0.15) is 18.4 Å². The van der Waals surface area contributed by atoms with Gasteiger partial charge in [-0.2, -0.15) is 5.10 Å². The fraction of sp³-hybridized carbons (Fsp3) is 0.450. The molecule has 0 aliphatic carbocycles. The molecule has 8 heteroatoms. The SMILES string of the molecule is CO[C@H]1CCN(CC(=O)N2CC=C(c3ccc(-c4ncn[nH]4)c(F)c3)CC2)C1. The lowest BCUT2D eigenvalue weighted by atomic mass is 9.98. The van der Waals surface area contributed by atoms with Gasteiger partial charge in [0.15, 0.2) is 5.82 Å². The van der Waals surface area contributed by atoms with Gasteiger partial charge in [-0.05, 0) is 36.1 Å². The minimum atomic E-state index is -0.338. The molecule has 0 saturated carbocycles. The van der Waals surface area contributed by atoms with E-state index in [1.54, 1.807) is 13.2 Å². The Morgan fingerprint density at radius 3 is 2.93 bits per heavy atom. The summed E-state index contributed by atoms with van der Waals surface area (Å²) >= 11 is 0. The number of hydrogen-bond acceptors (Lipinski definition) is 5. The summed E-state index contributed by atoms with van der Waals surface area (Å²) in [5.74, 6) is 0.213. The first kappa shape index (κ1) is 18.8. The van der Waals surface area contributed by atoms with E-state index in [4.69, 9.17) is 4.74 Å². The average molecular weight is 385 g/mol. The van der Waals surface area contributed by atoms with Crippen LogP contribution in [0.15, 0.2) is 30.6 Å². The summed E-state index contributed by atoms with van der Waals surface area (Å²) in [4.78, 5) is 20.6. The number of nitrogens with one attached hydrogen (secondary N) is 1. The molecule has 2 aliphatic rings. The number of carbonyl (C=O) groups is 1. The quantitative estimate of drug-likeness (QED) is 0.852. The molecule has 0 spiro atoms. The normalized spacial score (nSPS) is 20.4. The molecule has 0 radical (unpaired) electrons. The van der Waals surface area contributed by atoms with E-state index in [1.165, 1.54) is 12.4 Å². The number of methoxy groups -OCH3 is 1. The molecule has 0 unspecified atom stereocenters. The first-order chi connectivity index (χ1) is 13.6. The smallest absolute Gasteiger partial charge is 0.237 e. The van der Waals surface area contributed by atoms with E-state index in [0.717, 1.165) is 30.6 Å². The number of hydrogen-bond donors (Lipinski definition) is 1. The van der Waals surface area contributed by atoms with Crippen LogP contribution in [-0.2, 0) is 9.53 Å². The molecule has 1 aromatic carbocycles. The maximum Gasteiger partial charge on any atom is 0.237 e. The lowest BCUT2D eigenvalue weighted by molar-refractivity contribution is -0.131. The highest BCUT2D eigenvalue weighted by atomic mass is 19.1. The van der Waals surface area contributed by atoms with Gasteiger partial charge in [-0.1, -0.05) is 12.1 Å². The number of nitrogens with zero attached hydrogens (tertiary/aromatic N) is 4. The van der Waals surface area contributed by atoms with E-state index in [2.05, 4.69) is 20.1 Å². The fourth-order valence-corrected chi connectivity index (χ4v) is 3.82. The summed E-state index contributed by atoms with van der Waals surface area (Å²) in [6.07, 6.45) is 5.30. The molecule has 2 aliphatic heterocycles. The van der Waals surface area contributed by atoms with Crippen molar-refractivity contribution in [3.8, 4) is 11.4 Å². The highest BCUT2D eigenvalue weighted by Crippen LogP contribution is 2.27. The maximum absolute atomic E-state index is 14.5. The topological polar surface area (TPSA) is 74.3 Å². The van der Waals surface area contributed by atoms with Crippen LogP contribution in [0, 0.1) is 5.82 Å². The minimum absolute atomic E-state index is 0.138. The van der Waals surface area contributed by atoms with Crippen molar-refractivity contribution in [3.05, 3.63) is 42.0 Å². The molecule has 2 aromatic rings. The number of amides is 1. The molecular weight excluding hydrogens is 361 g/mol. The lowest BCUT2D eigenvalue weighted by Gasteiger charge is -2.28. The number of ether oxygens (including phenoxy) is 1. The second-order valence-electron chi connectivity index (χ2n) is 7.23. The van der Waals surface area contributed by atoms with Crippen LogP contribution >= 0.6 is 0 Å². The molecule has 1 atom stereocenters. The van der Waals surface area contributed by atoms with E-state index in [-0.39, 0.29) is 17.8 Å². The van der Waals surface area contributed by atoms with Gasteiger partial charge in [-0.25, -0.2) is 9.37 Å². The second kappa shape index (κ2) is 8.20. The zero-order valence-corrected chi connectivity index (χ0v) is 15.9. The summed E-state index contributed by atoms with van der Waals surface area (Å²) in [5, 5.41) is 6.44. The summed E-state index contributed by atoms with van der Waals surface area (Å²) in [7, 11) is 1.72. The van der Waals surface area contributed by atoms with Gasteiger partial charge in [0.1, 0.15) is 12.1 Å². The third-order valence-corrected chi connectivity index (χ3v) is 5.49. The van der Waals surface area contributed by atoms with Crippen molar-refractivity contribution in [2.75, 3.05) is 39.8 Å². The van der Waals surface area contributed by atoms with Crippen molar-refractivity contribution in [2.24, 2.45) is 0 Å². The molecule has 1 amide bonds. The zero-order chi connectivity index (χ0) is 19.5. The van der Waals surface area contributed by atoms with Crippen LogP contribution in [0.3, 0.4) is 0 Å². The van der Waals surface area contributed by atoms with Gasteiger partial charge in [-0.3, -0.25) is 14.8 Å². The predicted octanol–water partition coefficient (Wildman–Crippen LogP) is 1.95. The molecule has 3 heterocycles. The number of aromatic amines is 1. The van der Waals surface area contributed by atoms with Crippen molar-refractivity contribution in [3.63, 3.8) is 0 Å². The first-order valence-electron chi connectivity index (χ1n) is 9.51. The number of carbonyl (C=O) groups excluding carboxylic acids is 1. The van der Waals surface area contributed by atoms with Gasteiger partial charge >= 0.3 is 0 Å². The predicted molar refractivity (Wildman–Crippen MR) is 103 cm³/mol. The Morgan fingerprint density at radius 2 is 2.29 bits per heavy atom. The van der Waals surface area contributed by atoms with E-state index in [0.29, 0.717) is 37.4 Å². The highest BCUT2D eigenvalue weighted by molar-refractivity contribution is 5.80. The monoisotopic (exact) mass is 385 g/mol. The number of halogens is 1. The van der Waals surface area contributed by atoms with Gasteiger partial charge < -0.3 is 9.64 Å². The standard InChI is InChI=1S/C20H24FN5O2/c1-28-16-6-7-25(11-16)12-19(27)26-8-4-14(5-9-26)15-2-3-17(18(21)10-15)20-22-13-23-24-20/h2-4,10,13,16H,5-9,11-12H2,1H3,(H,22,23,24)/t16-/m0/s1. The largest absolute Gasteiger partial charge is 0.380 e. The molecule has 148 valence electrons.